The minimum atomic E-state index is 0.127. The Morgan fingerprint density at radius 1 is 1.25 bits per heavy atom. The molecule has 6 heteroatoms. The van der Waals surface area contributed by atoms with Gasteiger partial charge in [0.1, 0.15) is 13.2 Å². The SMILES string of the molecule is CN(C)[C@H]1CCCCN(C(=O)Cc2cc3c(cc2Cl)OCCO3)C1. The standard InChI is InChI=1S/C18H25ClN2O3/c1-20(2)14-5-3-4-6-21(12-14)18(22)10-13-9-16-17(11-15(13)19)24-8-7-23-16/h9,11,14H,3-8,10,12H2,1-2H3/t14-/m0/s1. The third-order valence-electron chi connectivity index (χ3n) is 4.78. The second-order valence-electron chi connectivity index (χ2n) is 6.72. The van der Waals surface area contributed by atoms with Gasteiger partial charge in [-0.15, -0.1) is 0 Å². The molecule has 0 aliphatic carbocycles. The number of hydrogen-bond acceptors (Lipinski definition) is 4. The monoisotopic (exact) mass is 352 g/mol. The molecule has 0 radical (unpaired) electrons. The molecule has 1 amide bonds. The van der Waals surface area contributed by atoms with Crippen LogP contribution in [0.1, 0.15) is 24.8 Å². The van der Waals surface area contributed by atoms with Crippen LogP contribution in [-0.2, 0) is 11.2 Å². The molecule has 0 aromatic heterocycles. The van der Waals surface area contributed by atoms with Crippen molar-refractivity contribution in [2.24, 2.45) is 0 Å². The third-order valence-corrected chi connectivity index (χ3v) is 5.13. The van der Waals surface area contributed by atoms with E-state index >= 15 is 0 Å². The van der Waals surface area contributed by atoms with E-state index in [0.29, 0.717) is 42.2 Å². The minimum Gasteiger partial charge on any atom is -0.486 e. The van der Waals surface area contributed by atoms with Gasteiger partial charge in [-0.3, -0.25) is 4.79 Å². The number of halogens is 1. The van der Waals surface area contributed by atoms with Crippen molar-refractivity contribution < 1.29 is 14.3 Å². The van der Waals surface area contributed by atoms with Gasteiger partial charge >= 0.3 is 0 Å². The lowest BCUT2D eigenvalue weighted by Gasteiger charge is -2.29. The van der Waals surface area contributed by atoms with E-state index in [-0.39, 0.29) is 5.91 Å². The van der Waals surface area contributed by atoms with E-state index in [4.69, 9.17) is 21.1 Å². The Hall–Kier alpha value is -1.46. The molecule has 1 atom stereocenters. The molecule has 1 aromatic carbocycles. The van der Waals surface area contributed by atoms with Crippen LogP contribution in [0.25, 0.3) is 0 Å². The van der Waals surface area contributed by atoms with Crippen LogP contribution in [-0.4, -0.2) is 62.1 Å². The smallest absolute Gasteiger partial charge is 0.227 e. The Balaban J connectivity index is 1.72. The molecule has 2 aliphatic heterocycles. The molecule has 0 bridgehead atoms. The first-order valence-corrected chi connectivity index (χ1v) is 8.94. The van der Waals surface area contributed by atoms with Gasteiger partial charge in [-0.05, 0) is 38.6 Å². The molecule has 0 N–H and O–H groups in total. The van der Waals surface area contributed by atoms with Gasteiger partial charge in [0.2, 0.25) is 5.91 Å². The van der Waals surface area contributed by atoms with Crippen molar-refractivity contribution in [1.82, 2.24) is 9.80 Å². The molecule has 1 aromatic rings. The fourth-order valence-electron chi connectivity index (χ4n) is 3.28. The van der Waals surface area contributed by atoms with Crippen LogP contribution in [0.5, 0.6) is 11.5 Å². The summed E-state index contributed by atoms with van der Waals surface area (Å²) in [7, 11) is 4.16. The van der Waals surface area contributed by atoms with Crippen LogP contribution in [0, 0.1) is 0 Å². The highest BCUT2D eigenvalue weighted by molar-refractivity contribution is 6.31. The molecule has 0 saturated carbocycles. The van der Waals surface area contributed by atoms with Gasteiger partial charge in [0, 0.05) is 30.2 Å². The maximum absolute atomic E-state index is 12.8. The maximum atomic E-state index is 12.8. The average molecular weight is 353 g/mol. The summed E-state index contributed by atoms with van der Waals surface area (Å²) >= 11 is 6.34. The number of carbonyl (C=O) groups excluding carboxylic acids is 1. The first-order valence-electron chi connectivity index (χ1n) is 8.57. The second-order valence-corrected chi connectivity index (χ2v) is 7.12. The van der Waals surface area contributed by atoms with E-state index in [9.17, 15) is 4.79 Å². The third kappa shape index (κ3) is 3.95. The van der Waals surface area contributed by atoms with Gasteiger partial charge in [0.05, 0.1) is 6.42 Å². The van der Waals surface area contributed by atoms with Crippen LogP contribution < -0.4 is 9.47 Å². The lowest BCUT2D eigenvalue weighted by Crippen LogP contribution is -2.42. The van der Waals surface area contributed by atoms with Crippen LogP contribution >= 0.6 is 11.6 Å². The van der Waals surface area contributed by atoms with E-state index in [1.807, 2.05) is 11.0 Å². The first-order chi connectivity index (χ1) is 11.5. The van der Waals surface area contributed by atoms with Gasteiger partial charge in [-0.25, -0.2) is 0 Å². The molecule has 3 rings (SSSR count). The quantitative estimate of drug-likeness (QED) is 0.838. The lowest BCUT2D eigenvalue weighted by molar-refractivity contribution is -0.131. The number of amides is 1. The van der Waals surface area contributed by atoms with Gasteiger partial charge < -0.3 is 19.3 Å². The van der Waals surface area contributed by atoms with E-state index in [1.54, 1.807) is 6.07 Å². The van der Waals surface area contributed by atoms with Crippen molar-refractivity contribution in [3.05, 3.63) is 22.7 Å². The van der Waals surface area contributed by atoms with Crippen LogP contribution in [0.3, 0.4) is 0 Å². The van der Waals surface area contributed by atoms with E-state index in [2.05, 4.69) is 19.0 Å². The summed E-state index contributed by atoms with van der Waals surface area (Å²) in [6.45, 7) is 2.67. The predicted molar refractivity (Wildman–Crippen MR) is 94.1 cm³/mol. The molecule has 24 heavy (non-hydrogen) atoms. The molecule has 1 fully saturated rings. The maximum Gasteiger partial charge on any atom is 0.227 e. The van der Waals surface area contributed by atoms with E-state index in [0.717, 1.165) is 37.9 Å². The Bertz CT molecular complexity index is 606. The largest absolute Gasteiger partial charge is 0.486 e. The average Bonchev–Trinajstić information content (AvgIpc) is 2.82. The van der Waals surface area contributed by atoms with Crippen LogP contribution in [0.15, 0.2) is 12.1 Å². The predicted octanol–water partition coefficient (Wildman–Crippen LogP) is 2.60. The van der Waals surface area contributed by atoms with Gasteiger partial charge in [0.25, 0.3) is 0 Å². The molecule has 5 nitrogen and oxygen atoms in total. The lowest BCUT2D eigenvalue weighted by atomic mass is 10.1. The second kappa shape index (κ2) is 7.62. The summed E-state index contributed by atoms with van der Waals surface area (Å²) in [4.78, 5) is 17.0. The van der Waals surface area contributed by atoms with Gasteiger partial charge in [-0.1, -0.05) is 18.0 Å². The molecule has 0 unspecified atom stereocenters. The Morgan fingerprint density at radius 2 is 1.96 bits per heavy atom. The Labute approximate surface area is 148 Å². The summed E-state index contributed by atoms with van der Waals surface area (Å²) < 4.78 is 11.1. The van der Waals surface area contributed by atoms with Crippen molar-refractivity contribution in [2.75, 3.05) is 40.4 Å². The summed E-state index contributed by atoms with van der Waals surface area (Å²) in [5.74, 6) is 1.46. The number of nitrogens with zero attached hydrogens (tertiary/aromatic N) is 2. The summed E-state index contributed by atoms with van der Waals surface area (Å²) in [6.07, 6.45) is 3.67. The highest BCUT2D eigenvalue weighted by atomic mass is 35.5. The zero-order valence-electron chi connectivity index (χ0n) is 14.4. The first kappa shape index (κ1) is 17.4. The van der Waals surface area contributed by atoms with Crippen molar-refractivity contribution in [1.29, 1.82) is 0 Å². The van der Waals surface area contributed by atoms with Crippen LogP contribution in [0.4, 0.5) is 0 Å². The fourth-order valence-corrected chi connectivity index (χ4v) is 3.50. The molecule has 132 valence electrons. The molecular weight excluding hydrogens is 328 g/mol. The van der Waals surface area contributed by atoms with E-state index < -0.39 is 0 Å². The van der Waals surface area contributed by atoms with Gasteiger partial charge in [-0.2, -0.15) is 0 Å². The van der Waals surface area contributed by atoms with Crippen molar-refractivity contribution in [3.8, 4) is 11.5 Å². The highest BCUT2D eigenvalue weighted by Gasteiger charge is 2.24. The minimum absolute atomic E-state index is 0.127. The number of rotatable bonds is 3. The number of benzene rings is 1. The number of fused-ring (bicyclic) bond motifs is 1. The summed E-state index contributed by atoms with van der Waals surface area (Å²) in [6, 6.07) is 4.02. The number of ether oxygens (including phenoxy) is 2. The highest BCUT2D eigenvalue weighted by Crippen LogP contribution is 2.35. The van der Waals surface area contributed by atoms with E-state index in [1.165, 1.54) is 0 Å². The molecule has 1 saturated heterocycles. The Morgan fingerprint density at radius 3 is 2.67 bits per heavy atom. The van der Waals surface area contributed by atoms with Crippen molar-refractivity contribution in [3.63, 3.8) is 0 Å². The molecule has 2 heterocycles. The van der Waals surface area contributed by atoms with Crippen LogP contribution in [0.2, 0.25) is 5.02 Å². The number of carbonyl (C=O) groups is 1. The topological polar surface area (TPSA) is 42.0 Å². The zero-order chi connectivity index (χ0) is 17.1. The van der Waals surface area contributed by atoms with Crippen molar-refractivity contribution >= 4 is 17.5 Å². The number of likely N-dealkylation sites (N-methyl/N-ethyl adjacent to an activating group) is 1. The normalized spacial score (nSPS) is 20.8. The molecule has 0 spiro atoms. The number of likely N-dealkylation sites (tertiary alicyclic amines) is 1. The molecule has 2 aliphatic rings. The zero-order valence-corrected chi connectivity index (χ0v) is 15.1. The van der Waals surface area contributed by atoms with Gasteiger partial charge in [0.15, 0.2) is 11.5 Å². The molecular formula is C18H25ClN2O3. The summed E-state index contributed by atoms with van der Waals surface area (Å²) in [5, 5.41) is 0.562. The van der Waals surface area contributed by atoms with Crippen molar-refractivity contribution in [2.45, 2.75) is 31.7 Å². The number of hydrogen-bond donors (Lipinski definition) is 0. The Kier molecular flexibility index (Phi) is 5.51. The fraction of sp³-hybridized carbons (Fsp3) is 0.611. The summed E-state index contributed by atoms with van der Waals surface area (Å²) in [5.41, 5.74) is 0.802.